The van der Waals surface area contributed by atoms with Crippen LogP contribution in [0.4, 0.5) is 22.6 Å². The predicted octanol–water partition coefficient (Wildman–Crippen LogP) is 10.8. The van der Waals surface area contributed by atoms with E-state index in [1.165, 1.54) is 4.90 Å². The zero-order chi connectivity index (χ0) is 65.1. The van der Waals surface area contributed by atoms with Crippen molar-refractivity contribution in [1.29, 1.82) is 0 Å². The van der Waals surface area contributed by atoms with Crippen LogP contribution in [0.15, 0.2) is 72.4 Å². The summed E-state index contributed by atoms with van der Waals surface area (Å²) in [6.07, 6.45) is 8.94. The number of aromatic carboxylic acids is 1. The number of hydrogen-bond acceptors (Lipinski definition) is 18. The van der Waals surface area contributed by atoms with Crippen molar-refractivity contribution < 1.29 is 38.9 Å². The maximum Gasteiger partial charge on any atom is 0.355 e. The molecule has 4 bridgehead atoms. The molecule has 5 fully saturated rings. The number of carboxylic acids is 1. The van der Waals surface area contributed by atoms with Gasteiger partial charge in [0.05, 0.1) is 70.1 Å². The minimum Gasteiger partial charge on any atom is -0.476 e. The molecule has 0 spiro atoms. The molecule has 1 saturated heterocycles. The predicted molar refractivity (Wildman–Crippen MR) is 356 cm³/mol. The molecule has 2 aliphatic heterocycles. The van der Waals surface area contributed by atoms with Crippen molar-refractivity contribution >= 4 is 79.2 Å². The highest BCUT2D eigenvalue weighted by atomic mass is 32.1. The van der Waals surface area contributed by atoms with Crippen molar-refractivity contribution in [3.8, 4) is 21.6 Å². The highest BCUT2D eigenvalue weighted by Gasteiger charge is 2.66. The van der Waals surface area contributed by atoms with Gasteiger partial charge in [0.1, 0.15) is 17.9 Å². The zero-order valence-corrected chi connectivity index (χ0v) is 56.2. The lowest BCUT2D eigenvalue weighted by atomic mass is 9.39. The Hall–Kier alpha value is -7.28. The van der Waals surface area contributed by atoms with Gasteiger partial charge in [0, 0.05) is 73.5 Å². The Morgan fingerprint density at radius 1 is 0.880 bits per heavy atom. The van der Waals surface area contributed by atoms with Gasteiger partial charge in [-0.15, -0.1) is 21.5 Å². The van der Waals surface area contributed by atoms with Gasteiger partial charge < -0.3 is 50.3 Å². The van der Waals surface area contributed by atoms with E-state index in [4.69, 9.17) is 29.6 Å². The Morgan fingerprint density at radius 2 is 1.63 bits per heavy atom. The molecule has 6 atom stereocenters. The van der Waals surface area contributed by atoms with Crippen LogP contribution >= 0.6 is 22.7 Å². The van der Waals surface area contributed by atoms with E-state index >= 15 is 0 Å². The number of aromatic nitrogens is 7. The van der Waals surface area contributed by atoms with Gasteiger partial charge in [0.15, 0.2) is 22.5 Å². The lowest BCUT2D eigenvalue weighted by Crippen LogP contribution is -2.64. The smallest absolute Gasteiger partial charge is 0.355 e. The Labute approximate surface area is 546 Å². The number of fused-ring (bicyclic) bond motifs is 2. The number of ether oxygens (including phenoxy) is 2. The molecule has 4 unspecified atom stereocenters. The molecule has 2 aromatic carbocycles. The van der Waals surface area contributed by atoms with Gasteiger partial charge in [0.25, 0.3) is 0 Å². The van der Waals surface area contributed by atoms with Gasteiger partial charge in [-0.3, -0.25) is 19.1 Å². The minimum absolute atomic E-state index is 0.0107. The third kappa shape index (κ3) is 13.4. The summed E-state index contributed by atoms with van der Waals surface area (Å²) in [5.41, 5.74) is 8.97. The van der Waals surface area contributed by atoms with Crippen LogP contribution in [0.2, 0.25) is 0 Å². The second-order valence-corrected chi connectivity index (χ2v) is 30.7. The normalized spacial score (nSPS) is 24.1. The largest absolute Gasteiger partial charge is 0.476 e. The fourth-order valence-corrected chi connectivity index (χ4v) is 18.2. The first kappa shape index (κ1) is 64.8. The first-order chi connectivity index (χ1) is 43.8. The van der Waals surface area contributed by atoms with E-state index in [-0.39, 0.29) is 71.4 Å². The maximum atomic E-state index is 14.3. The highest BCUT2D eigenvalue weighted by molar-refractivity contribution is 7.22. The number of aliphatic hydroxyl groups is 1. The topological polar surface area (TPSA) is 255 Å². The lowest BCUT2D eigenvalue weighted by molar-refractivity contribution is -0.248. The van der Waals surface area contributed by atoms with Crippen molar-refractivity contribution in [2.45, 2.75) is 163 Å². The van der Waals surface area contributed by atoms with E-state index in [1.807, 2.05) is 127 Å². The van der Waals surface area contributed by atoms with Crippen LogP contribution < -0.4 is 20.9 Å². The number of β-amino-alcohol motifs (C(OH)–C–C–N with tert-alkyl or cyclic N) is 1. The number of likely N-dealkylation sites (N-methyl/N-ethyl adjacent to an activating group) is 1. The molecular formula is C69H87N13O8S2. The Bertz CT molecular complexity index is 3860. The molecule has 3 amide bonds. The molecule has 5 N–H and O–H groups in total. The number of benzene rings is 2. The van der Waals surface area contributed by atoms with E-state index in [2.05, 4.69) is 49.5 Å². The standard InChI is InChI=1S/C69H87N13O8S2/c1-41-48-14-13-24-80(60(48)78-77-59(41)76-64-73-51-15-11-12-16-53(51)92-64)54-22-21-49(56(74-54)63(87)88)50-31-71-82(44(50)4)39-68-34-66(8)33-67(9,35-68)37-69(36-66,38-68)90-29-26-79(10)25-28-89-27-23-55(84)75-58(65(5,6)7)62(86)81-32-47(83)30-52(81)61(85)72-42(2)45-17-19-46(20-18-45)57-43(3)70-40-91-57/h11-12,15-22,31,40,42,47,52,58,83H,13-14,23-30,32-39H2,1-10H3,(H,72,85)(H,75,84)(H,87,88)(H,73,76,77)/t42?,47-,52+,58?,66?,67?,68?,69?/m1/s1. The number of amides is 3. The van der Waals surface area contributed by atoms with Gasteiger partial charge in [-0.1, -0.05) is 82.4 Å². The number of para-hydroxylation sites is 1. The summed E-state index contributed by atoms with van der Waals surface area (Å²) in [4.78, 5) is 75.4. The van der Waals surface area contributed by atoms with Gasteiger partial charge in [0.2, 0.25) is 17.7 Å². The highest BCUT2D eigenvalue weighted by Crippen LogP contribution is 2.72. The van der Waals surface area contributed by atoms with Crippen LogP contribution in [0.3, 0.4) is 0 Å². The summed E-state index contributed by atoms with van der Waals surface area (Å²) in [5.74, 6) is -0.398. The van der Waals surface area contributed by atoms with E-state index in [0.29, 0.717) is 62.4 Å². The molecule has 488 valence electrons. The monoisotopic (exact) mass is 1290 g/mol. The number of aliphatic hydroxyl groups excluding tert-OH is 1. The van der Waals surface area contributed by atoms with Gasteiger partial charge in [-0.05, 0) is 143 Å². The third-order valence-electron chi connectivity index (χ3n) is 19.8. The van der Waals surface area contributed by atoms with Crippen LogP contribution in [0.1, 0.15) is 144 Å². The number of likely N-dealkylation sites (tertiary alicyclic amines) is 1. The number of anilines is 4. The number of aryl methyl sites for hydroxylation is 1. The lowest BCUT2D eigenvalue weighted by Gasteiger charge is -2.69. The van der Waals surface area contributed by atoms with Gasteiger partial charge in [-0.25, -0.2) is 19.7 Å². The number of pyridine rings is 1. The number of thiazole rings is 2. The number of carbonyl (C=O) groups is 4. The fraction of sp³-hybridized carbons (Fsp3) is 0.536. The maximum absolute atomic E-state index is 14.3. The average Bonchev–Trinajstić information content (AvgIpc) is 1.56. The van der Waals surface area contributed by atoms with Gasteiger partial charge >= 0.3 is 5.97 Å². The van der Waals surface area contributed by atoms with Crippen LogP contribution in [0.25, 0.3) is 31.8 Å². The summed E-state index contributed by atoms with van der Waals surface area (Å²) in [6.45, 7) is 22.2. The van der Waals surface area contributed by atoms with E-state index in [0.717, 1.165) is 111 Å². The van der Waals surface area contributed by atoms with Crippen LogP contribution in [-0.4, -0.2) is 155 Å². The second kappa shape index (κ2) is 25.6. The van der Waals surface area contributed by atoms with Crippen LogP contribution in [0, 0.1) is 42.4 Å². The minimum atomic E-state index is -1.11. The van der Waals surface area contributed by atoms with Crippen molar-refractivity contribution in [2.24, 2.45) is 21.7 Å². The Morgan fingerprint density at radius 3 is 2.35 bits per heavy atom. The van der Waals surface area contributed by atoms with E-state index in [1.54, 1.807) is 28.9 Å². The molecule has 7 aromatic rings. The average molecular weight is 1290 g/mol. The number of rotatable bonds is 23. The molecule has 0 radical (unpaired) electrons. The SMILES string of the molecule is Cc1ncsc1-c1ccc(C(C)NC(=O)[C@@H]2C[C@@H](O)CN2C(=O)C(NC(=O)CCOCCN(C)CCOC23CC4(C)CC(C)(CC(Cn5ncc(-c6ccc(N7CCCc8c7nnc(Nc7nc9ccccc9s7)c8C)nc6C(=O)O)c5C)(C4)C2)C3)C(C)(C)C)cc1. The molecule has 4 aliphatic carbocycles. The molecule has 4 saturated carbocycles. The third-order valence-corrected chi connectivity index (χ3v) is 21.8. The van der Waals surface area contributed by atoms with E-state index in [9.17, 15) is 29.4 Å². The summed E-state index contributed by atoms with van der Waals surface area (Å²) >= 11 is 3.14. The van der Waals surface area contributed by atoms with Crippen LogP contribution in [0.5, 0.6) is 0 Å². The molecule has 21 nitrogen and oxygen atoms in total. The summed E-state index contributed by atoms with van der Waals surface area (Å²) in [5, 5.41) is 46.0. The first-order valence-corrected chi connectivity index (χ1v) is 34.0. The summed E-state index contributed by atoms with van der Waals surface area (Å²) < 4.78 is 16.3. The van der Waals surface area contributed by atoms with E-state index < -0.39 is 35.5 Å². The number of hydrogen-bond donors (Lipinski definition) is 5. The molecule has 23 heteroatoms. The van der Waals surface area contributed by atoms with Gasteiger partial charge in [-0.2, -0.15) is 5.10 Å². The molecule has 13 rings (SSSR count). The molecule has 6 aliphatic rings. The fourth-order valence-electron chi connectivity index (χ4n) is 16.5. The number of carboxylic acid groups (broad SMARTS) is 1. The first-order valence-electron chi connectivity index (χ1n) is 32.3. The Kier molecular flexibility index (Phi) is 18.0. The Balaban J connectivity index is 0.622. The molecule has 92 heavy (non-hydrogen) atoms. The van der Waals surface area contributed by atoms with Crippen molar-refractivity contribution in [3.63, 3.8) is 0 Å². The molecule has 7 heterocycles. The number of carbonyl (C=O) groups excluding carboxylic acids is 3. The van der Waals surface area contributed by atoms with Crippen molar-refractivity contribution in [3.05, 3.63) is 106 Å². The summed E-state index contributed by atoms with van der Waals surface area (Å²) in [7, 11) is 2.05. The summed E-state index contributed by atoms with van der Waals surface area (Å²) in [6, 6.07) is 17.5. The zero-order valence-electron chi connectivity index (χ0n) is 54.6. The quantitative estimate of drug-likeness (QED) is 0.0373. The number of nitrogens with one attached hydrogen (secondary N) is 3. The molecule has 5 aromatic heterocycles. The second-order valence-electron chi connectivity index (χ2n) is 28.8. The molecular weight excluding hydrogens is 1200 g/mol. The number of nitrogens with zero attached hydrogens (tertiary/aromatic N) is 10. The van der Waals surface area contributed by atoms with Crippen molar-refractivity contribution in [2.75, 3.05) is 63.3 Å². The van der Waals surface area contributed by atoms with Crippen molar-refractivity contribution in [1.82, 2.24) is 55.4 Å². The van der Waals surface area contributed by atoms with Crippen LogP contribution in [-0.2, 0) is 36.8 Å².